The number of nitrogens with zero attached hydrogens (tertiary/aromatic N) is 8. The number of nitrogens with one attached hydrogen (secondary N) is 2. The highest BCUT2D eigenvalue weighted by Crippen LogP contribution is 2.33. The number of anilines is 2. The molecular weight excluding hydrogens is 893 g/mol. The molecule has 2 aromatic carbocycles. The number of aliphatic carboxylic acids is 6. The molecule has 0 radical (unpaired) electrons. The van der Waals surface area contributed by atoms with Gasteiger partial charge in [0.25, 0.3) is 0 Å². The van der Waals surface area contributed by atoms with Crippen molar-refractivity contribution in [3.63, 3.8) is 0 Å². The quantitative estimate of drug-likeness (QED) is 0.0769. The smallest absolute Gasteiger partial charge is 0.317 e. The fraction of sp³-hybridized carbons (Fsp3) is 0.545. The number of benzene rings is 2. The third kappa shape index (κ3) is 20.8. The Morgan fingerprint density at radius 1 is 0.309 bits per heavy atom. The van der Waals surface area contributed by atoms with Gasteiger partial charge in [-0.15, -0.1) is 0 Å². The molecule has 0 spiro atoms. The van der Waals surface area contributed by atoms with Crippen molar-refractivity contribution in [2.45, 2.75) is 0 Å². The minimum Gasteiger partial charge on any atom is -0.480 e. The van der Waals surface area contributed by atoms with Crippen LogP contribution in [-0.4, -0.2) is 275 Å². The average molecular weight is 957 g/mol. The van der Waals surface area contributed by atoms with Gasteiger partial charge in [-0.05, 0) is 12.1 Å². The van der Waals surface area contributed by atoms with Gasteiger partial charge in [-0.25, -0.2) is 0 Å². The van der Waals surface area contributed by atoms with Crippen LogP contribution in [0, 0.1) is 0 Å². The first-order valence-electron chi connectivity index (χ1n) is 22.3. The summed E-state index contributed by atoms with van der Waals surface area (Å²) < 4.78 is 0. The van der Waals surface area contributed by atoms with Crippen molar-refractivity contribution < 1.29 is 69.0 Å². The number of carbonyl (C=O) groups excluding carboxylic acids is 2. The van der Waals surface area contributed by atoms with Crippen LogP contribution in [-0.2, 0) is 38.4 Å². The van der Waals surface area contributed by atoms with E-state index >= 15 is 0 Å². The molecule has 2 saturated heterocycles. The van der Waals surface area contributed by atoms with Crippen LogP contribution in [0.4, 0.5) is 11.4 Å². The van der Waals surface area contributed by atoms with E-state index in [-0.39, 0.29) is 157 Å². The molecule has 2 aliphatic rings. The van der Waals surface area contributed by atoms with Crippen LogP contribution in [0.3, 0.4) is 0 Å². The second-order valence-electron chi connectivity index (χ2n) is 16.8. The van der Waals surface area contributed by atoms with Gasteiger partial charge in [-0.3, -0.25) is 77.6 Å². The maximum atomic E-state index is 13.8. The Hall–Kier alpha value is -6.12. The van der Waals surface area contributed by atoms with Crippen LogP contribution in [0.1, 0.15) is 0 Å². The molecule has 68 heavy (non-hydrogen) atoms. The van der Waals surface area contributed by atoms with E-state index in [1.165, 1.54) is 0 Å². The number of carboxylic acid groups (broad SMARTS) is 6. The Morgan fingerprint density at radius 3 is 0.676 bits per heavy atom. The zero-order valence-electron chi connectivity index (χ0n) is 38.1. The minimum atomic E-state index is -1.07. The van der Waals surface area contributed by atoms with E-state index in [9.17, 15) is 69.0 Å². The van der Waals surface area contributed by atoms with Gasteiger partial charge in [-0.1, -0.05) is 36.4 Å². The topological polar surface area (TPSA) is 308 Å². The molecule has 0 aromatic heterocycles. The van der Waals surface area contributed by atoms with Gasteiger partial charge in [0, 0.05) is 127 Å². The molecule has 374 valence electrons. The van der Waals surface area contributed by atoms with Crippen molar-refractivity contribution in [2.24, 2.45) is 0 Å². The number of hydrogen-bond acceptors (Lipinski definition) is 16. The largest absolute Gasteiger partial charge is 0.480 e. The number of hydrogen-bond donors (Lipinski definition) is 8. The normalized spacial score (nSPS) is 18.2. The summed E-state index contributed by atoms with van der Waals surface area (Å²) in [5, 5.41) is 63.2. The van der Waals surface area contributed by atoms with E-state index in [1.54, 1.807) is 87.7 Å². The Morgan fingerprint density at radius 2 is 0.485 bits per heavy atom. The fourth-order valence-corrected chi connectivity index (χ4v) is 8.01. The predicted octanol–water partition coefficient (Wildman–Crippen LogP) is -1.82. The van der Waals surface area contributed by atoms with Gasteiger partial charge < -0.3 is 41.3 Å². The van der Waals surface area contributed by atoms with Crippen LogP contribution in [0.25, 0.3) is 11.1 Å². The van der Waals surface area contributed by atoms with E-state index in [0.717, 1.165) is 0 Å². The molecule has 0 unspecified atom stereocenters. The second kappa shape index (κ2) is 28.3. The average Bonchev–Trinajstić information content (AvgIpc) is 3.24. The third-order valence-corrected chi connectivity index (χ3v) is 11.4. The Balaban J connectivity index is 1.50. The Labute approximate surface area is 393 Å². The Kier molecular flexibility index (Phi) is 22.6. The number of para-hydroxylation sites is 2. The molecule has 2 aliphatic heterocycles. The SMILES string of the molecule is O=C(O)CN1CCN(CC(=O)O)CCN(CC(=O)Nc2ccccc2-c2ccccc2NC(=O)CN2CCN(CC(=O)O)CCN(CC(=O)O)CCN(CC(=O)O)CC2)CCN(CC(=O)O)CC1. The summed E-state index contributed by atoms with van der Waals surface area (Å²) in [7, 11) is 0. The second-order valence-corrected chi connectivity index (χ2v) is 16.8. The molecule has 2 fully saturated rings. The summed E-state index contributed by atoms with van der Waals surface area (Å²) in [6.45, 7) is 1.68. The van der Waals surface area contributed by atoms with Crippen molar-refractivity contribution >= 4 is 59.0 Å². The summed E-state index contributed by atoms with van der Waals surface area (Å²) in [4.78, 5) is 111. The standard InChI is InChI=1S/C44H64N10O14/c55-37(25-47-9-13-49(27-39(57)58)17-21-53(31-43(65)66)22-18-50(14-10-47)28-40(59)60)45-35-7-3-1-5-33(35)34-6-2-4-8-36(34)46-38(56)26-48-11-15-51(29-41(61)62)19-23-54(32-44(67)68)24-20-52(16-12-48)30-42(63)64/h1-8H,9-32H2,(H,45,55)(H,46,56)(H,57,58)(H,59,60)(H,61,62)(H,63,64)(H,65,66)(H,67,68). The molecule has 8 N–H and O–H groups in total. The first-order valence-corrected chi connectivity index (χ1v) is 22.3. The maximum Gasteiger partial charge on any atom is 0.317 e. The van der Waals surface area contributed by atoms with Crippen LogP contribution in [0.5, 0.6) is 0 Å². The van der Waals surface area contributed by atoms with Crippen molar-refractivity contribution in [1.29, 1.82) is 0 Å². The van der Waals surface area contributed by atoms with Crippen molar-refractivity contribution in [3.05, 3.63) is 48.5 Å². The summed E-state index contributed by atoms with van der Waals surface area (Å²) in [6, 6.07) is 14.0. The maximum absolute atomic E-state index is 13.8. The van der Waals surface area contributed by atoms with E-state index in [4.69, 9.17) is 0 Å². The molecule has 2 aromatic rings. The first-order chi connectivity index (χ1) is 32.4. The highest BCUT2D eigenvalue weighted by Gasteiger charge is 2.24. The van der Waals surface area contributed by atoms with E-state index in [0.29, 0.717) is 22.5 Å². The predicted molar refractivity (Wildman–Crippen MR) is 246 cm³/mol. The van der Waals surface area contributed by atoms with Crippen LogP contribution < -0.4 is 10.6 Å². The van der Waals surface area contributed by atoms with Gasteiger partial charge in [0.1, 0.15) is 0 Å². The highest BCUT2D eigenvalue weighted by atomic mass is 16.4. The lowest BCUT2D eigenvalue weighted by Crippen LogP contribution is -2.49. The summed E-state index contributed by atoms with van der Waals surface area (Å²) in [6.07, 6.45) is 0. The molecule has 2 heterocycles. The van der Waals surface area contributed by atoms with Gasteiger partial charge in [0.2, 0.25) is 11.8 Å². The lowest BCUT2D eigenvalue weighted by molar-refractivity contribution is -0.140. The molecule has 0 atom stereocenters. The molecule has 2 amide bonds. The van der Waals surface area contributed by atoms with Gasteiger partial charge >= 0.3 is 35.8 Å². The van der Waals surface area contributed by atoms with Gasteiger partial charge in [0.05, 0.1) is 52.4 Å². The Bertz CT molecular complexity index is 1840. The highest BCUT2D eigenvalue weighted by molar-refractivity contribution is 6.01. The fourth-order valence-electron chi connectivity index (χ4n) is 8.01. The van der Waals surface area contributed by atoms with Gasteiger partial charge in [0.15, 0.2) is 0 Å². The first kappa shape index (κ1) is 54.5. The summed E-state index contributed by atoms with van der Waals surface area (Å²) in [5.41, 5.74) is 2.00. The van der Waals surface area contributed by atoms with Crippen LogP contribution in [0.2, 0.25) is 0 Å². The zero-order valence-corrected chi connectivity index (χ0v) is 38.1. The lowest BCUT2D eigenvalue weighted by Gasteiger charge is -2.33. The summed E-state index contributed by atoms with van der Waals surface area (Å²) in [5.74, 6) is -7.21. The molecule has 24 heteroatoms. The zero-order chi connectivity index (χ0) is 49.6. The van der Waals surface area contributed by atoms with Crippen LogP contribution >= 0.6 is 0 Å². The number of carboxylic acids is 6. The van der Waals surface area contributed by atoms with E-state index in [2.05, 4.69) is 10.6 Å². The molecule has 0 aliphatic carbocycles. The molecule has 0 bridgehead atoms. The monoisotopic (exact) mass is 956 g/mol. The van der Waals surface area contributed by atoms with Gasteiger partial charge in [-0.2, -0.15) is 0 Å². The molecule has 4 rings (SSSR count). The van der Waals surface area contributed by atoms with Crippen molar-refractivity contribution in [3.8, 4) is 11.1 Å². The minimum absolute atomic E-state index is 0.135. The number of rotatable bonds is 19. The lowest BCUT2D eigenvalue weighted by atomic mass is 10.0. The summed E-state index contributed by atoms with van der Waals surface area (Å²) >= 11 is 0. The van der Waals surface area contributed by atoms with Crippen molar-refractivity contribution in [1.82, 2.24) is 39.2 Å². The molecule has 0 saturated carbocycles. The molecular formula is C44H64N10O14. The van der Waals surface area contributed by atoms with Crippen LogP contribution in [0.15, 0.2) is 48.5 Å². The van der Waals surface area contributed by atoms with Crippen molar-refractivity contribution in [2.75, 3.05) is 168 Å². The number of amides is 2. The third-order valence-electron chi connectivity index (χ3n) is 11.4. The van der Waals surface area contributed by atoms with E-state index in [1.807, 2.05) is 0 Å². The molecule has 24 nitrogen and oxygen atoms in total. The number of carbonyl (C=O) groups is 8. The van der Waals surface area contributed by atoms with E-state index < -0.39 is 47.6 Å².